The highest BCUT2D eigenvalue weighted by Gasteiger charge is 2.31. The maximum Gasteiger partial charge on any atom is -0.00272 e. The van der Waals surface area contributed by atoms with Crippen LogP contribution in [0.3, 0.4) is 0 Å². The average Bonchev–Trinajstić information content (AvgIpc) is 3.02. The van der Waals surface area contributed by atoms with Crippen molar-refractivity contribution in [2.75, 3.05) is 0 Å². The van der Waals surface area contributed by atoms with Crippen LogP contribution in [-0.2, 0) is 0 Å². The van der Waals surface area contributed by atoms with Gasteiger partial charge in [0, 0.05) is 0 Å². The van der Waals surface area contributed by atoms with Crippen LogP contribution in [0.15, 0.2) is 12.2 Å². The zero-order valence-electron chi connectivity index (χ0n) is 14.1. The molecule has 3 aliphatic rings. The Kier molecular flexibility index (Phi) is 5.83. The summed E-state index contributed by atoms with van der Waals surface area (Å²) in [5, 5.41) is 0. The first-order chi connectivity index (χ1) is 10.3. The molecule has 0 aromatic heterocycles. The minimum atomic E-state index is 0.978. The van der Waals surface area contributed by atoms with E-state index in [1.54, 1.807) is 25.2 Å². The molecule has 0 bridgehead atoms. The maximum absolute atomic E-state index is 2.36. The molecule has 0 spiro atoms. The molecule has 21 heavy (non-hydrogen) atoms. The third-order valence-corrected chi connectivity index (χ3v) is 6.50. The molecule has 3 rings (SSSR count). The van der Waals surface area contributed by atoms with E-state index < -0.39 is 0 Å². The summed E-state index contributed by atoms with van der Waals surface area (Å²) in [5.74, 6) is 6.81. The molecule has 0 N–H and O–H groups in total. The van der Waals surface area contributed by atoms with Gasteiger partial charge in [0.15, 0.2) is 0 Å². The molecule has 0 heteroatoms. The van der Waals surface area contributed by atoms with Crippen molar-refractivity contribution in [2.45, 2.75) is 90.4 Å². The van der Waals surface area contributed by atoms with Crippen molar-refractivity contribution in [1.82, 2.24) is 0 Å². The minimum Gasteiger partial charge on any atom is -0.0911 e. The highest BCUT2D eigenvalue weighted by atomic mass is 14.4. The first-order valence-corrected chi connectivity index (χ1v) is 9.67. The predicted molar refractivity (Wildman–Crippen MR) is 91.8 cm³/mol. The van der Waals surface area contributed by atoms with Crippen LogP contribution < -0.4 is 0 Å². The molecule has 118 valence electrons. The summed E-state index contributed by atoms with van der Waals surface area (Å²) in [4.78, 5) is 0. The van der Waals surface area contributed by atoms with Gasteiger partial charge < -0.3 is 0 Å². The summed E-state index contributed by atoms with van der Waals surface area (Å²) >= 11 is 0. The second-order valence-electron chi connectivity index (χ2n) is 7.92. The molecular weight excluding hydrogens is 252 g/mol. The fourth-order valence-electron chi connectivity index (χ4n) is 5.21. The first kappa shape index (κ1) is 15.6. The molecule has 2 radical (unpaired) electrons. The van der Waals surface area contributed by atoms with Gasteiger partial charge in [0.05, 0.1) is 0 Å². The third-order valence-electron chi connectivity index (χ3n) is 6.50. The predicted octanol–water partition coefficient (Wildman–Crippen LogP) is 6.67. The van der Waals surface area contributed by atoms with Crippen LogP contribution in [0.25, 0.3) is 0 Å². The van der Waals surface area contributed by atoms with E-state index in [4.69, 9.17) is 0 Å². The van der Waals surface area contributed by atoms with Crippen molar-refractivity contribution in [3.63, 3.8) is 0 Å². The average molecular weight is 287 g/mol. The zero-order chi connectivity index (χ0) is 14.5. The van der Waals surface area contributed by atoms with Crippen LogP contribution in [0, 0.1) is 29.6 Å². The summed E-state index contributed by atoms with van der Waals surface area (Å²) in [7, 11) is 0. The van der Waals surface area contributed by atoms with Gasteiger partial charge in [-0.15, -0.1) is 0 Å². The molecule has 0 unspecified atom stereocenters. The third kappa shape index (κ3) is 4.36. The standard InChI is InChI=1S/C21H34/c1-2-5-17-8-12-20(13-9-17)21-14-10-19(11-15-21)16-18-6-3-4-7-18/h2,5,18-20H,3-4,6-16H2,1H3/b5-2+. The Morgan fingerprint density at radius 3 is 2.05 bits per heavy atom. The molecule has 0 aromatic rings. The molecule has 0 amide bonds. The van der Waals surface area contributed by atoms with Crippen LogP contribution >= 0.6 is 0 Å². The van der Waals surface area contributed by atoms with Crippen LogP contribution in [0.1, 0.15) is 90.4 Å². The van der Waals surface area contributed by atoms with Crippen molar-refractivity contribution in [1.29, 1.82) is 0 Å². The fraction of sp³-hybridized carbons (Fsp3) is 0.810. The van der Waals surface area contributed by atoms with E-state index in [-0.39, 0.29) is 0 Å². The van der Waals surface area contributed by atoms with E-state index >= 15 is 0 Å². The quantitative estimate of drug-likeness (QED) is 0.541. The first-order valence-electron chi connectivity index (χ1n) is 9.67. The van der Waals surface area contributed by atoms with E-state index in [1.807, 2.05) is 5.92 Å². The number of hydrogen-bond acceptors (Lipinski definition) is 0. The molecule has 0 atom stereocenters. The summed E-state index contributed by atoms with van der Waals surface area (Å²) in [6.45, 7) is 2.15. The molecule has 0 aromatic carbocycles. The second kappa shape index (κ2) is 7.84. The highest BCUT2D eigenvalue weighted by molar-refractivity contribution is 5.14. The molecule has 0 heterocycles. The number of rotatable bonds is 4. The van der Waals surface area contributed by atoms with Gasteiger partial charge >= 0.3 is 0 Å². The van der Waals surface area contributed by atoms with Crippen molar-refractivity contribution >= 4 is 0 Å². The topological polar surface area (TPSA) is 0 Å². The Labute approximate surface area is 132 Å². The van der Waals surface area contributed by atoms with Gasteiger partial charge in [-0.25, -0.2) is 0 Å². The molecule has 3 aliphatic carbocycles. The van der Waals surface area contributed by atoms with Crippen LogP contribution in [0.5, 0.6) is 0 Å². The molecule has 3 saturated carbocycles. The van der Waals surface area contributed by atoms with Crippen molar-refractivity contribution in [3.8, 4) is 0 Å². The van der Waals surface area contributed by atoms with Gasteiger partial charge in [-0.2, -0.15) is 0 Å². The Morgan fingerprint density at radius 2 is 1.43 bits per heavy atom. The maximum atomic E-state index is 2.36. The lowest BCUT2D eigenvalue weighted by atomic mass is 9.68. The van der Waals surface area contributed by atoms with Gasteiger partial charge in [-0.1, -0.05) is 37.8 Å². The van der Waals surface area contributed by atoms with Gasteiger partial charge in [-0.3, -0.25) is 0 Å². The summed E-state index contributed by atoms with van der Waals surface area (Å²) in [5.41, 5.74) is 0. The van der Waals surface area contributed by atoms with E-state index in [9.17, 15) is 0 Å². The monoisotopic (exact) mass is 286 g/mol. The van der Waals surface area contributed by atoms with Crippen molar-refractivity contribution in [3.05, 3.63) is 24.0 Å². The van der Waals surface area contributed by atoms with Gasteiger partial charge in [-0.05, 0) is 94.3 Å². The Morgan fingerprint density at radius 1 is 0.810 bits per heavy atom. The second-order valence-corrected chi connectivity index (χ2v) is 7.92. The molecule has 3 fully saturated rings. The zero-order valence-corrected chi connectivity index (χ0v) is 14.1. The summed E-state index contributed by atoms with van der Waals surface area (Å²) < 4.78 is 0. The number of allylic oxidation sites excluding steroid dienone is 2. The summed E-state index contributed by atoms with van der Waals surface area (Å²) in [6, 6.07) is 0. The van der Waals surface area contributed by atoms with Gasteiger partial charge in [0.1, 0.15) is 0 Å². The van der Waals surface area contributed by atoms with Gasteiger partial charge in [0.2, 0.25) is 0 Å². The van der Waals surface area contributed by atoms with Crippen molar-refractivity contribution in [2.24, 2.45) is 17.8 Å². The van der Waals surface area contributed by atoms with Crippen LogP contribution in [0.2, 0.25) is 0 Å². The van der Waals surface area contributed by atoms with E-state index in [0.29, 0.717) is 0 Å². The van der Waals surface area contributed by atoms with E-state index in [1.165, 1.54) is 64.2 Å². The SMILES string of the molecule is C/C=C/[C]1CCC([C]2CCC(CC3CCCC3)CC2)CC1. The Hall–Kier alpha value is -0.260. The number of hydrogen-bond donors (Lipinski definition) is 0. The van der Waals surface area contributed by atoms with Crippen LogP contribution in [0.4, 0.5) is 0 Å². The van der Waals surface area contributed by atoms with Gasteiger partial charge in [0.25, 0.3) is 0 Å². The smallest absolute Gasteiger partial charge is 0.00272 e. The Balaban J connectivity index is 1.37. The van der Waals surface area contributed by atoms with Crippen LogP contribution in [-0.4, -0.2) is 0 Å². The normalized spacial score (nSPS) is 28.8. The molecular formula is C21H34. The molecule has 0 aliphatic heterocycles. The summed E-state index contributed by atoms with van der Waals surface area (Å²) in [6.07, 6.45) is 23.9. The van der Waals surface area contributed by atoms with Crippen molar-refractivity contribution < 1.29 is 0 Å². The fourth-order valence-corrected chi connectivity index (χ4v) is 5.21. The molecule has 0 saturated heterocycles. The Bertz CT molecular complexity index is 307. The van der Waals surface area contributed by atoms with E-state index in [0.717, 1.165) is 17.8 Å². The largest absolute Gasteiger partial charge is 0.0911 e. The lowest BCUT2D eigenvalue weighted by Gasteiger charge is -2.37. The lowest BCUT2D eigenvalue weighted by Crippen LogP contribution is -2.24. The lowest BCUT2D eigenvalue weighted by molar-refractivity contribution is 0.262. The minimum absolute atomic E-state index is 0.978. The van der Waals surface area contributed by atoms with E-state index in [2.05, 4.69) is 19.1 Å². The highest BCUT2D eigenvalue weighted by Crippen LogP contribution is 2.45. The molecule has 0 nitrogen and oxygen atoms in total.